The highest BCUT2D eigenvalue weighted by atomic mass is 19.2. The van der Waals surface area contributed by atoms with E-state index in [0.29, 0.717) is 5.56 Å². The predicted molar refractivity (Wildman–Crippen MR) is 86.2 cm³/mol. The monoisotopic (exact) mass is 350 g/mol. The van der Waals surface area contributed by atoms with Crippen LogP contribution in [0.25, 0.3) is 0 Å². The maximum absolute atomic E-state index is 13.3. The Kier molecular flexibility index (Phi) is 6.16. The number of halogens is 3. The summed E-state index contributed by atoms with van der Waals surface area (Å²) >= 11 is 0. The van der Waals surface area contributed by atoms with Gasteiger partial charge in [0.25, 0.3) is 5.91 Å². The van der Waals surface area contributed by atoms with Gasteiger partial charge < -0.3 is 10.2 Å². The largest absolute Gasteiger partial charge is 0.350 e. The number of benzene rings is 2. The van der Waals surface area contributed by atoms with Crippen molar-refractivity contribution < 1.29 is 22.8 Å². The van der Waals surface area contributed by atoms with Gasteiger partial charge in [0, 0.05) is 18.7 Å². The second-order valence-corrected chi connectivity index (χ2v) is 5.35. The summed E-state index contributed by atoms with van der Waals surface area (Å²) < 4.78 is 39.0. The average Bonchev–Trinajstić information content (AvgIpc) is 2.61. The number of hydrogen-bond acceptors (Lipinski definition) is 2. The van der Waals surface area contributed by atoms with Crippen molar-refractivity contribution in [2.24, 2.45) is 0 Å². The Bertz CT molecular complexity index is 763. The van der Waals surface area contributed by atoms with Crippen molar-refractivity contribution in [3.8, 4) is 0 Å². The molecule has 132 valence electrons. The molecule has 25 heavy (non-hydrogen) atoms. The van der Waals surface area contributed by atoms with E-state index in [2.05, 4.69) is 5.32 Å². The van der Waals surface area contributed by atoms with E-state index in [9.17, 15) is 22.8 Å². The number of carbonyl (C=O) groups excluding carboxylic acids is 2. The SMILES string of the molecule is CCN(CC(=O)NCc1ccc(F)cc1)C(=O)c1ccc(F)c(F)c1. The first-order valence-electron chi connectivity index (χ1n) is 7.66. The van der Waals surface area contributed by atoms with Crippen molar-refractivity contribution in [3.63, 3.8) is 0 Å². The summed E-state index contributed by atoms with van der Waals surface area (Å²) in [6.45, 7) is 1.86. The zero-order valence-corrected chi connectivity index (χ0v) is 13.6. The van der Waals surface area contributed by atoms with E-state index in [1.165, 1.54) is 23.1 Å². The number of rotatable bonds is 6. The molecule has 0 saturated carbocycles. The molecule has 4 nitrogen and oxygen atoms in total. The third-order valence-corrected chi connectivity index (χ3v) is 3.57. The minimum atomic E-state index is -1.12. The summed E-state index contributed by atoms with van der Waals surface area (Å²) in [6, 6.07) is 8.49. The Morgan fingerprint density at radius 3 is 2.28 bits per heavy atom. The van der Waals surface area contributed by atoms with Crippen LogP contribution in [0.4, 0.5) is 13.2 Å². The van der Waals surface area contributed by atoms with E-state index >= 15 is 0 Å². The fourth-order valence-electron chi connectivity index (χ4n) is 2.17. The lowest BCUT2D eigenvalue weighted by Crippen LogP contribution is -2.40. The van der Waals surface area contributed by atoms with Crippen LogP contribution in [0.15, 0.2) is 42.5 Å². The Hall–Kier alpha value is -2.83. The zero-order chi connectivity index (χ0) is 18.4. The number of amides is 2. The molecule has 0 atom stereocenters. The second kappa shape index (κ2) is 8.32. The highest BCUT2D eigenvalue weighted by Crippen LogP contribution is 2.11. The first kappa shape index (κ1) is 18.5. The lowest BCUT2D eigenvalue weighted by molar-refractivity contribution is -0.121. The van der Waals surface area contributed by atoms with Crippen LogP contribution in [-0.4, -0.2) is 29.8 Å². The van der Waals surface area contributed by atoms with E-state index in [4.69, 9.17) is 0 Å². The van der Waals surface area contributed by atoms with Crippen molar-refractivity contribution in [1.29, 1.82) is 0 Å². The van der Waals surface area contributed by atoms with Gasteiger partial charge in [0.2, 0.25) is 5.91 Å². The normalized spacial score (nSPS) is 10.4. The highest BCUT2D eigenvalue weighted by molar-refractivity contribution is 5.96. The molecule has 0 bridgehead atoms. The molecule has 2 amide bonds. The Labute approximate surface area is 143 Å². The summed E-state index contributed by atoms with van der Waals surface area (Å²) in [7, 11) is 0. The van der Waals surface area contributed by atoms with Gasteiger partial charge in [-0.1, -0.05) is 12.1 Å². The number of likely N-dealkylation sites (N-methyl/N-ethyl adjacent to an activating group) is 1. The lowest BCUT2D eigenvalue weighted by Gasteiger charge is -2.20. The van der Waals surface area contributed by atoms with E-state index in [1.807, 2.05) is 0 Å². The third kappa shape index (κ3) is 5.07. The van der Waals surface area contributed by atoms with Crippen LogP contribution in [0.2, 0.25) is 0 Å². The number of nitrogens with one attached hydrogen (secondary N) is 1. The van der Waals surface area contributed by atoms with Crippen LogP contribution in [0.5, 0.6) is 0 Å². The van der Waals surface area contributed by atoms with E-state index < -0.39 is 23.4 Å². The van der Waals surface area contributed by atoms with Crippen molar-refractivity contribution in [2.45, 2.75) is 13.5 Å². The zero-order valence-electron chi connectivity index (χ0n) is 13.6. The number of hydrogen-bond donors (Lipinski definition) is 1. The molecule has 2 rings (SSSR count). The Morgan fingerprint density at radius 2 is 1.68 bits per heavy atom. The minimum Gasteiger partial charge on any atom is -0.350 e. The molecular formula is C18H17F3N2O2. The van der Waals surface area contributed by atoms with Gasteiger partial charge in [-0.05, 0) is 42.8 Å². The van der Waals surface area contributed by atoms with Gasteiger partial charge in [0.05, 0.1) is 6.54 Å². The van der Waals surface area contributed by atoms with Crippen LogP contribution in [-0.2, 0) is 11.3 Å². The van der Waals surface area contributed by atoms with E-state index in [0.717, 1.165) is 12.1 Å². The molecule has 0 fully saturated rings. The molecule has 0 saturated heterocycles. The summed E-state index contributed by atoms with van der Waals surface area (Å²) in [4.78, 5) is 25.5. The van der Waals surface area contributed by atoms with Crippen LogP contribution in [0.3, 0.4) is 0 Å². The number of carbonyl (C=O) groups is 2. The molecule has 0 radical (unpaired) electrons. The van der Waals surface area contributed by atoms with Gasteiger partial charge in [0.15, 0.2) is 11.6 Å². The maximum atomic E-state index is 13.3. The molecule has 0 aliphatic carbocycles. The van der Waals surface area contributed by atoms with Gasteiger partial charge in [-0.3, -0.25) is 9.59 Å². The summed E-state index contributed by atoms with van der Waals surface area (Å²) in [5.74, 6) is -3.52. The van der Waals surface area contributed by atoms with Gasteiger partial charge in [-0.2, -0.15) is 0 Å². The molecule has 0 heterocycles. The quantitative estimate of drug-likeness (QED) is 0.871. The topological polar surface area (TPSA) is 49.4 Å². The molecule has 0 aliphatic rings. The van der Waals surface area contributed by atoms with Crippen LogP contribution in [0.1, 0.15) is 22.8 Å². The van der Waals surface area contributed by atoms with Gasteiger partial charge in [-0.15, -0.1) is 0 Å². The first-order chi connectivity index (χ1) is 11.9. The molecule has 0 spiro atoms. The highest BCUT2D eigenvalue weighted by Gasteiger charge is 2.18. The Morgan fingerprint density at radius 1 is 1.00 bits per heavy atom. The molecule has 1 N–H and O–H groups in total. The van der Waals surface area contributed by atoms with Gasteiger partial charge >= 0.3 is 0 Å². The molecule has 0 aromatic heterocycles. The molecule has 0 aliphatic heterocycles. The van der Waals surface area contributed by atoms with Gasteiger partial charge in [-0.25, -0.2) is 13.2 Å². The lowest BCUT2D eigenvalue weighted by atomic mass is 10.2. The molecule has 7 heteroatoms. The average molecular weight is 350 g/mol. The van der Waals surface area contributed by atoms with Crippen LogP contribution >= 0.6 is 0 Å². The molecule has 2 aromatic carbocycles. The molecule has 0 unspecified atom stereocenters. The van der Waals surface area contributed by atoms with Crippen LogP contribution in [0, 0.1) is 17.5 Å². The fourth-order valence-corrected chi connectivity index (χ4v) is 2.17. The van der Waals surface area contributed by atoms with Crippen molar-refractivity contribution in [1.82, 2.24) is 10.2 Å². The summed E-state index contributed by atoms with van der Waals surface area (Å²) in [5, 5.41) is 2.62. The van der Waals surface area contributed by atoms with Crippen molar-refractivity contribution in [2.75, 3.05) is 13.1 Å². The summed E-state index contributed by atoms with van der Waals surface area (Å²) in [6.07, 6.45) is 0. The van der Waals surface area contributed by atoms with E-state index in [1.54, 1.807) is 19.1 Å². The maximum Gasteiger partial charge on any atom is 0.254 e. The summed E-state index contributed by atoms with van der Waals surface area (Å²) in [5.41, 5.74) is 0.678. The van der Waals surface area contributed by atoms with Gasteiger partial charge in [0.1, 0.15) is 5.82 Å². The Balaban J connectivity index is 1.95. The third-order valence-electron chi connectivity index (χ3n) is 3.57. The predicted octanol–water partition coefficient (Wildman–Crippen LogP) is 2.88. The smallest absolute Gasteiger partial charge is 0.254 e. The van der Waals surface area contributed by atoms with Crippen LogP contribution < -0.4 is 5.32 Å². The molecular weight excluding hydrogens is 333 g/mol. The first-order valence-corrected chi connectivity index (χ1v) is 7.66. The fraction of sp³-hybridized carbons (Fsp3) is 0.222. The minimum absolute atomic E-state index is 0.0351. The van der Waals surface area contributed by atoms with Crippen molar-refractivity contribution >= 4 is 11.8 Å². The van der Waals surface area contributed by atoms with E-state index in [-0.39, 0.29) is 31.0 Å². The standard InChI is InChI=1S/C18H17F3N2O2/c1-2-23(18(25)13-5-8-15(20)16(21)9-13)11-17(24)22-10-12-3-6-14(19)7-4-12/h3-9H,2,10-11H2,1H3,(H,22,24). The second-order valence-electron chi connectivity index (χ2n) is 5.35. The van der Waals surface area contributed by atoms with Crippen molar-refractivity contribution in [3.05, 3.63) is 71.0 Å². The molecule has 2 aromatic rings. The number of nitrogens with zero attached hydrogens (tertiary/aromatic N) is 1.